The summed E-state index contributed by atoms with van der Waals surface area (Å²) in [6, 6.07) is 4.15. The van der Waals surface area contributed by atoms with Gasteiger partial charge in [-0.25, -0.2) is 0 Å². The summed E-state index contributed by atoms with van der Waals surface area (Å²) in [5.41, 5.74) is 3.93. The molecule has 1 rings (SSSR count). The Morgan fingerprint density at radius 2 is 2.07 bits per heavy atom. The third-order valence-electron chi connectivity index (χ3n) is 2.50. The third-order valence-corrected chi connectivity index (χ3v) is 2.50. The van der Waals surface area contributed by atoms with Crippen LogP contribution in [-0.2, 0) is 6.42 Å². The molecule has 0 aliphatic carbocycles. The summed E-state index contributed by atoms with van der Waals surface area (Å²) in [5, 5.41) is 0. The molecule has 0 aliphatic rings. The molecule has 0 N–H and O–H groups in total. The van der Waals surface area contributed by atoms with Gasteiger partial charge < -0.3 is 4.74 Å². The summed E-state index contributed by atoms with van der Waals surface area (Å²) < 4.78 is 5.30. The molecule has 0 aliphatic heterocycles. The predicted molar refractivity (Wildman–Crippen MR) is 61.8 cm³/mol. The van der Waals surface area contributed by atoms with Gasteiger partial charge in [-0.2, -0.15) is 0 Å². The van der Waals surface area contributed by atoms with Crippen LogP contribution >= 0.6 is 0 Å². The molecule has 76 valence electrons. The quantitative estimate of drug-likeness (QED) is 0.707. The summed E-state index contributed by atoms with van der Waals surface area (Å²) in [5.74, 6) is 0.982. The summed E-state index contributed by atoms with van der Waals surface area (Å²) in [7, 11) is 1.72. The number of benzene rings is 1. The van der Waals surface area contributed by atoms with Gasteiger partial charge in [-0.3, -0.25) is 0 Å². The van der Waals surface area contributed by atoms with Crippen LogP contribution in [0, 0.1) is 6.92 Å². The molecule has 0 saturated carbocycles. The van der Waals surface area contributed by atoms with Crippen molar-refractivity contribution in [1.29, 1.82) is 0 Å². The minimum Gasteiger partial charge on any atom is -0.496 e. The van der Waals surface area contributed by atoms with Crippen LogP contribution in [0.5, 0.6) is 5.75 Å². The number of allylic oxidation sites excluding steroid dienone is 1. The normalized spacial score (nSPS) is 10.9. The van der Waals surface area contributed by atoms with Gasteiger partial charge in [0.05, 0.1) is 7.11 Å². The van der Waals surface area contributed by atoms with Crippen LogP contribution in [-0.4, -0.2) is 7.11 Å². The first-order chi connectivity index (χ1) is 6.74. The lowest BCUT2D eigenvalue weighted by atomic mass is 9.98. The third kappa shape index (κ3) is 1.98. The molecular weight excluding hydrogens is 172 g/mol. The molecule has 0 amide bonds. The molecule has 1 nitrogen and oxygen atoms in total. The summed E-state index contributed by atoms with van der Waals surface area (Å²) >= 11 is 0. The standard InChI is InChI=1S/C13H18O/c1-5-7-11-8-9-13(14-4)10(3)12(11)6-2/h5,7-9H,6H2,1-4H3/b7-5-. The van der Waals surface area contributed by atoms with E-state index in [0.717, 1.165) is 12.2 Å². The van der Waals surface area contributed by atoms with Crippen LogP contribution in [0.2, 0.25) is 0 Å². The Hall–Kier alpha value is -1.24. The molecule has 0 spiro atoms. The molecule has 0 radical (unpaired) electrons. The van der Waals surface area contributed by atoms with Crippen molar-refractivity contribution in [2.45, 2.75) is 27.2 Å². The zero-order valence-electron chi connectivity index (χ0n) is 9.42. The Bertz CT molecular complexity index is 337. The Morgan fingerprint density at radius 3 is 2.57 bits per heavy atom. The van der Waals surface area contributed by atoms with E-state index >= 15 is 0 Å². The molecule has 0 heterocycles. The average Bonchev–Trinajstić information content (AvgIpc) is 2.19. The summed E-state index contributed by atoms with van der Waals surface area (Å²) in [4.78, 5) is 0. The zero-order valence-corrected chi connectivity index (χ0v) is 9.42. The number of hydrogen-bond donors (Lipinski definition) is 0. The van der Waals surface area contributed by atoms with Gasteiger partial charge in [-0.05, 0) is 43.0 Å². The van der Waals surface area contributed by atoms with Crippen molar-refractivity contribution in [1.82, 2.24) is 0 Å². The summed E-state index contributed by atoms with van der Waals surface area (Å²) in [6.07, 6.45) is 5.26. The average molecular weight is 190 g/mol. The Morgan fingerprint density at radius 1 is 1.36 bits per heavy atom. The van der Waals surface area contributed by atoms with Crippen LogP contribution in [0.4, 0.5) is 0 Å². The lowest BCUT2D eigenvalue weighted by Crippen LogP contribution is -1.95. The second-order valence-corrected chi connectivity index (χ2v) is 3.31. The van der Waals surface area contributed by atoms with Crippen molar-refractivity contribution < 1.29 is 4.74 Å². The van der Waals surface area contributed by atoms with Gasteiger partial charge in [-0.15, -0.1) is 0 Å². The highest BCUT2D eigenvalue weighted by molar-refractivity contribution is 5.58. The summed E-state index contributed by atoms with van der Waals surface area (Å²) in [6.45, 7) is 6.33. The molecule has 0 saturated heterocycles. The van der Waals surface area contributed by atoms with Crippen molar-refractivity contribution in [3.63, 3.8) is 0 Å². The first-order valence-electron chi connectivity index (χ1n) is 5.03. The van der Waals surface area contributed by atoms with Gasteiger partial charge in [0.2, 0.25) is 0 Å². The van der Waals surface area contributed by atoms with Crippen LogP contribution in [0.15, 0.2) is 18.2 Å². The monoisotopic (exact) mass is 190 g/mol. The smallest absolute Gasteiger partial charge is 0.122 e. The molecule has 1 aromatic rings. The lowest BCUT2D eigenvalue weighted by molar-refractivity contribution is 0.411. The van der Waals surface area contributed by atoms with E-state index in [1.165, 1.54) is 16.7 Å². The van der Waals surface area contributed by atoms with Crippen molar-refractivity contribution in [2.24, 2.45) is 0 Å². The van der Waals surface area contributed by atoms with E-state index in [2.05, 4.69) is 32.1 Å². The predicted octanol–water partition coefficient (Wildman–Crippen LogP) is 3.60. The maximum atomic E-state index is 5.30. The number of rotatable bonds is 3. The molecule has 1 aromatic carbocycles. The first-order valence-corrected chi connectivity index (χ1v) is 5.03. The molecule has 0 fully saturated rings. The van der Waals surface area contributed by atoms with Crippen molar-refractivity contribution in [2.75, 3.05) is 7.11 Å². The fourth-order valence-electron chi connectivity index (χ4n) is 1.78. The highest BCUT2D eigenvalue weighted by Gasteiger charge is 2.06. The van der Waals surface area contributed by atoms with Gasteiger partial charge in [-0.1, -0.05) is 25.1 Å². The topological polar surface area (TPSA) is 9.23 Å². The largest absolute Gasteiger partial charge is 0.496 e. The maximum Gasteiger partial charge on any atom is 0.122 e. The van der Waals surface area contributed by atoms with E-state index in [4.69, 9.17) is 4.74 Å². The van der Waals surface area contributed by atoms with Gasteiger partial charge in [0.25, 0.3) is 0 Å². The number of ether oxygens (including phenoxy) is 1. The van der Waals surface area contributed by atoms with E-state index in [0.29, 0.717) is 0 Å². The van der Waals surface area contributed by atoms with Crippen molar-refractivity contribution in [3.8, 4) is 5.75 Å². The SMILES string of the molecule is C/C=C\c1ccc(OC)c(C)c1CC. The second kappa shape index (κ2) is 4.85. The molecule has 1 heteroatoms. The van der Waals surface area contributed by atoms with Crippen molar-refractivity contribution >= 4 is 6.08 Å². The number of methoxy groups -OCH3 is 1. The van der Waals surface area contributed by atoms with E-state index in [1.807, 2.05) is 13.0 Å². The first kappa shape index (κ1) is 10.8. The fraction of sp³-hybridized carbons (Fsp3) is 0.385. The minimum absolute atomic E-state index is 0.982. The highest BCUT2D eigenvalue weighted by atomic mass is 16.5. The Balaban J connectivity index is 3.28. The van der Waals surface area contributed by atoms with Crippen LogP contribution in [0.1, 0.15) is 30.5 Å². The van der Waals surface area contributed by atoms with E-state index in [9.17, 15) is 0 Å². The second-order valence-electron chi connectivity index (χ2n) is 3.31. The zero-order chi connectivity index (χ0) is 10.6. The van der Waals surface area contributed by atoms with E-state index < -0.39 is 0 Å². The maximum absolute atomic E-state index is 5.30. The van der Waals surface area contributed by atoms with Crippen LogP contribution in [0.3, 0.4) is 0 Å². The van der Waals surface area contributed by atoms with Crippen LogP contribution < -0.4 is 4.74 Å². The van der Waals surface area contributed by atoms with Crippen LogP contribution in [0.25, 0.3) is 6.08 Å². The van der Waals surface area contributed by atoms with Gasteiger partial charge in [0.15, 0.2) is 0 Å². The van der Waals surface area contributed by atoms with Gasteiger partial charge in [0.1, 0.15) is 5.75 Å². The van der Waals surface area contributed by atoms with E-state index in [1.54, 1.807) is 7.11 Å². The van der Waals surface area contributed by atoms with Gasteiger partial charge in [0, 0.05) is 0 Å². The molecular formula is C13H18O. The van der Waals surface area contributed by atoms with Crippen molar-refractivity contribution in [3.05, 3.63) is 34.9 Å². The molecule has 0 atom stereocenters. The fourth-order valence-corrected chi connectivity index (χ4v) is 1.78. The molecule has 0 aromatic heterocycles. The van der Waals surface area contributed by atoms with E-state index in [-0.39, 0.29) is 0 Å². The minimum atomic E-state index is 0.982. The Labute approximate surface area is 86.4 Å². The lowest BCUT2D eigenvalue weighted by Gasteiger charge is -2.12. The Kier molecular flexibility index (Phi) is 3.75. The molecule has 0 bridgehead atoms. The highest BCUT2D eigenvalue weighted by Crippen LogP contribution is 2.25. The molecule has 14 heavy (non-hydrogen) atoms. The number of hydrogen-bond acceptors (Lipinski definition) is 1. The van der Waals surface area contributed by atoms with Gasteiger partial charge >= 0.3 is 0 Å². The molecule has 0 unspecified atom stereocenters.